The molecule has 4 heteroatoms. The summed E-state index contributed by atoms with van der Waals surface area (Å²) in [4.78, 5) is 8.04. The number of alkyl halides is 1. The van der Waals surface area contributed by atoms with E-state index in [0.29, 0.717) is 11.3 Å². The summed E-state index contributed by atoms with van der Waals surface area (Å²) in [6, 6.07) is 6.34. The van der Waals surface area contributed by atoms with Crippen molar-refractivity contribution in [2.75, 3.05) is 11.1 Å². The molecule has 0 saturated carbocycles. The number of hydrogen-bond acceptors (Lipinski definition) is 2. The molecule has 0 saturated heterocycles. The molecule has 0 aliphatic rings. The zero-order chi connectivity index (χ0) is 14.0. The Balaban J connectivity index is 2.09. The fourth-order valence-corrected chi connectivity index (χ4v) is 4.70. The summed E-state index contributed by atoms with van der Waals surface area (Å²) in [5.74, 6) is 1.71. The number of aryl methyl sites for hydroxylation is 1. The Kier molecular flexibility index (Phi) is 4.62. The molecular formula is C15H21BrN2S. The lowest BCUT2D eigenvalue weighted by Crippen LogP contribution is -2.24. The highest BCUT2D eigenvalue weighted by atomic mass is 79.9. The number of nitrogens with zero attached hydrogens (tertiary/aromatic N) is 1. The summed E-state index contributed by atoms with van der Waals surface area (Å²) in [7, 11) is 0. The number of nitrogens with one attached hydrogen (secondary N) is 1. The number of aromatic amines is 1. The van der Waals surface area contributed by atoms with Gasteiger partial charge in [-0.15, -0.1) is 0 Å². The smallest absolute Gasteiger partial charge is 0.166 e. The van der Waals surface area contributed by atoms with Crippen LogP contribution in [0.25, 0.3) is 11.0 Å². The molecule has 1 N–H and O–H groups in total. The number of hydrogen-bond donors (Lipinski definition) is 1. The Labute approximate surface area is 127 Å². The lowest BCUT2D eigenvalue weighted by Gasteiger charge is -2.28. The number of rotatable bonds is 4. The summed E-state index contributed by atoms with van der Waals surface area (Å²) >= 11 is 5.44. The molecule has 0 fully saturated rings. The van der Waals surface area contributed by atoms with Crippen LogP contribution in [0.1, 0.15) is 26.3 Å². The van der Waals surface area contributed by atoms with Crippen molar-refractivity contribution in [1.82, 2.24) is 9.97 Å². The van der Waals surface area contributed by atoms with Gasteiger partial charge in [0.2, 0.25) is 0 Å². The van der Waals surface area contributed by atoms with Gasteiger partial charge >= 0.3 is 0 Å². The third kappa shape index (κ3) is 3.76. The van der Waals surface area contributed by atoms with Crippen LogP contribution < -0.4 is 0 Å². The van der Waals surface area contributed by atoms with Gasteiger partial charge in [0.05, 0.1) is 11.0 Å². The van der Waals surface area contributed by atoms with E-state index in [1.54, 1.807) is 0 Å². The minimum absolute atomic E-state index is 0.319. The molecule has 1 atom stereocenters. The Morgan fingerprint density at radius 1 is 1.37 bits per heavy atom. The van der Waals surface area contributed by atoms with E-state index in [4.69, 9.17) is 0 Å². The van der Waals surface area contributed by atoms with Crippen molar-refractivity contribution in [3.63, 3.8) is 0 Å². The van der Waals surface area contributed by atoms with Crippen LogP contribution in [0.15, 0.2) is 23.4 Å². The summed E-state index contributed by atoms with van der Waals surface area (Å²) in [5, 5.41) is 2.05. The molecule has 2 aromatic rings. The zero-order valence-corrected chi connectivity index (χ0v) is 14.4. The van der Waals surface area contributed by atoms with Crippen molar-refractivity contribution in [3.05, 3.63) is 23.8 Å². The van der Waals surface area contributed by atoms with Crippen molar-refractivity contribution >= 4 is 38.7 Å². The third-order valence-electron chi connectivity index (χ3n) is 3.45. The second kappa shape index (κ2) is 5.88. The monoisotopic (exact) mass is 340 g/mol. The summed E-state index contributed by atoms with van der Waals surface area (Å²) < 4.78 is 0. The van der Waals surface area contributed by atoms with Crippen LogP contribution in [0.4, 0.5) is 0 Å². The highest BCUT2D eigenvalue weighted by Crippen LogP contribution is 2.32. The highest BCUT2D eigenvalue weighted by Gasteiger charge is 2.23. The van der Waals surface area contributed by atoms with Gasteiger partial charge in [0.25, 0.3) is 0 Å². The maximum Gasteiger partial charge on any atom is 0.166 e. The maximum absolute atomic E-state index is 4.63. The predicted octanol–water partition coefficient (Wildman–Crippen LogP) is 5.02. The average molecular weight is 341 g/mol. The van der Waals surface area contributed by atoms with Crippen molar-refractivity contribution in [2.24, 2.45) is 11.3 Å². The van der Waals surface area contributed by atoms with Gasteiger partial charge in [-0.25, -0.2) is 4.98 Å². The molecule has 0 amide bonds. The molecule has 0 radical (unpaired) electrons. The number of fused-ring (bicyclic) bond motifs is 1. The quantitative estimate of drug-likeness (QED) is 0.625. The number of thioether (sulfide) groups is 1. The predicted molar refractivity (Wildman–Crippen MR) is 88.3 cm³/mol. The van der Waals surface area contributed by atoms with Crippen molar-refractivity contribution in [1.29, 1.82) is 0 Å². The molecule has 104 valence electrons. The van der Waals surface area contributed by atoms with Crippen LogP contribution in [-0.2, 0) is 0 Å². The van der Waals surface area contributed by atoms with E-state index in [2.05, 4.69) is 71.8 Å². The van der Waals surface area contributed by atoms with Crippen LogP contribution in [0.2, 0.25) is 0 Å². The van der Waals surface area contributed by atoms with Gasteiger partial charge in [0, 0.05) is 11.1 Å². The standard InChI is InChI=1S/C15H21BrN2S/c1-10-5-6-12-13(7-10)18-14(17-12)19-9-11(8-16)15(2,3)4/h5-7,11H,8-9H2,1-4H3,(H,17,18). The highest BCUT2D eigenvalue weighted by molar-refractivity contribution is 9.09. The number of halogens is 1. The molecule has 0 aliphatic carbocycles. The lowest BCUT2D eigenvalue weighted by atomic mass is 9.83. The van der Waals surface area contributed by atoms with Crippen LogP contribution >= 0.6 is 27.7 Å². The van der Waals surface area contributed by atoms with Gasteiger partial charge in [-0.2, -0.15) is 0 Å². The topological polar surface area (TPSA) is 28.7 Å². The molecule has 2 rings (SSSR count). The molecule has 1 aromatic heterocycles. The molecule has 1 unspecified atom stereocenters. The normalized spacial score (nSPS) is 13.9. The molecule has 1 heterocycles. The number of imidazole rings is 1. The number of benzene rings is 1. The first kappa shape index (κ1) is 14.9. The van der Waals surface area contributed by atoms with Gasteiger partial charge < -0.3 is 4.98 Å². The minimum atomic E-state index is 0.319. The van der Waals surface area contributed by atoms with Crippen molar-refractivity contribution in [3.8, 4) is 0 Å². The fourth-order valence-electron chi connectivity index (χ4n) is 1.87. The van der Waals surface area contributed by atoms with E-state index >= 15 is 0 Å². The Morgan fingerprint density at radius 2 is 2.11 bits per heavy atom. The first-order valence-corrected chi connectivity index (χ1v) is 8.66. The fraction of sp³-hybridized carbons (Fsp3) is 0.533. The Bertz CT molecular complexity index is 557. The molecule has 1 aromatic carbocycles. The van der Waals surface area contributed by atoms with Gasteiger partial charge in [0.15, 0.2) is 5.16 Å². The molecule has 0 spiro atoms. The van der Waals surface area contributed by atoms with Crippen LogP contribution in [-0.4, -0.2) is 21.1 Å². The second-order valence-electron chi connectivity index (χ2n) is 6.09. The molecule has 0 bridgehead atoms. The van der Waals surface area contributed by atoms with Gasteiger partial charge in [0.1, 0.15) is 0 Å². The number of aromatic nitrogens is 2. The summed E-state index contributed by atoms with van der Waals surface area (Å²) in [6.45, 7) is 8.98. The maximum atomic E-state index is 4.63. The van der Waals surface area contributed by atoms with E-state index in [9.17, 15) is 0 Å². The van der Waals surface area contributed by atoms with E-state index in [1.807, 2.05) is 11.8 Å². The third-order valence-corrected chi connectivity index (χ3v) is 5.27. The van der Waals surface area contributed by atoms with E-state index in [0.717, 1.165) is 27.3 Å². The summed E-state index contributed by atoms with van der Waals surface area (Å²) in [6.07, 6.45) is 0. The minimum Gasteiger partial charge on any atom is -0.333 e. The van der Waals surface area contributed by atoms with Crippen molar-refractivity contribution < 1.29 is 0 Å². The second-order valence-corrected chi connectivity index (χ2v) is 7.75. The first-order valence-electron chi connectivity index (χ1n) is 6.55. The van der Waals surface area contributed by atoms with Gasteiger partial charge in [-0.05, 0) is 36.0 Å². The SMILES string of the molecule is Cc1ccc2nc(SCC(CBr)C(C)(C)C)[nH]c2c1. The van der Waals surface area contributed by atoms with Crippen LogP contribution in [0, 0.1) is 18.3 Å². The molecule has 2 nitrogen and oxygen atoms in total. The zero-order valence-electron chi connectivity index (χ0n) is 12.0. The Hall–Kier alpha value is -0.480. The summed E-state index contributed by atoms with van der Waals surface area (Å²) in [5.41, 5.74) is 3.77. The van der Waals surface area contributed by atoms with Crippen LogP contribution in [0.3, 0.4) is 0 Å². The van der Waals surface area contributed by atoms with E-state index in [-0.39, 0.29) is 0 Å². The number of H-pyrrole nitrogens is 1. The average Bonchev–Trinajstić information content (AvgIpc) is 2.69. The van der Waals surface area contributed by atoms with Gasteiger partial charge in [-0.1, -0.05) is 54.5 Å². The Morgan fingerprint density at radius 3 is 2.74 bits per heavy atom. The first-order chi connectivity index (χ1) is 8.90. The molecular weight excluding hydrogens is 320 g/mol. The van der Waals surface area contributed by atoms with Crippen LogP contribution in [0.5, 0.6) is 0 Å². The van der Waals surface area contributed by atoms with Gasteiger partial charge in [-0.3, -0.25) is 0 Å². The largest absolute Gasteiger partial charge is 0.333 e. The van der Waals surface area contributed by atoms with E-state index in [1.165, 1.54) is 5.56 Å². The van der Waals surface area contributed by atoms with Crippen molar-refractivity contribution in [2.45, 2.75) is 32.9 Å². The molecule has 19 heavy (non-hydrogen) atoms. The van der Waals surface area contributed by atoms with E-state index < -0.39 is 0 Å². The molecule has 0 aliphatic heterocycles. The lowest BCUT2D eigenvalue weighted by molar-refractivity contribution is 0.295.